The molecule has 3 aromatic heterocycles. The molecule has 114 valence electrons. The first-order chi connectivity index (χ1) is 10.8. The molecule has 6 heteroatoms. The second-order valence-corrected chi connectivity index (χ2v) is 6.11. The maximum Gasteiger partial charge on any atom is 0.220 e. The second kappa shape index (κ2) is 7.17. The largest absolute Gasteiger partial charge is 0.356 e. The summed E-state index contributed by atoms with van der Waals surface area (Å²) >= 11 is 1.69. The standard InChI is InChI=1S/C16H18N4OS/c21-16(9-8-13-5-4-12-22-13)17-10-3-7-15-19-18-14-6-1-2-11-20(14)15/h1-2,4-6,11-12H,3,7-10H2,(H,17,21). The molecule has 0 atom stereocenters. The van der Waals surface area contributed by atoms with Crippen LogP contribution in [0.1, 0.15) is 23.5 Å². The molecular formula is C16H18N4OS. The highest BCUT2D eigenvalue weighted by Crippen LogP contribution is 2.10. The molecule has 5 nitrogen and oxygen atoms in total. The van der Waals surface area contributed by atoms with Crippen molar-refractivity contribution < 1.29 is 4.79 Å². The van der Waals surface area contributed by atoms with Gasteiger partial charge in [-0.15, -0.1) is 21.5 Å². The van der Waals surface area contributed by atoms with E-state index in [2.05, 4.69) is 21.6 Å². The van der Waals surface area contributed by atoms with Gasteiger partial charge >= 0.3 is 0 Å². The summed E-state index contributed by atoms with van der Waals surface area (Å²) in [6, 6.07) is 9.92. The highest BCUT2D eigenvalue weighted by Gasteiger charge is 2.05. The lowest BCUT2D eigenvalue weighted by Gasteiger charge is -2.04. The normalized spacial score (nSPS) is 10.9. The molecule has 0 radical (unpaired) electrons. The van der Waals surface area contributed by atoms with Crippen LogP contribution in [0.15, 0.2) is 41.9 Å². The first-order valence-corrected chi connectivity index (χ1v) is 8.28. The zero-order chi connectivity index (χ0) is 15.2. The number of nitrogens with zero attached hydrogens (tertiary/aromatic N) is 3. The van der Waals surface area contributed by atoms with Crippen molar-refractivity contribution >= 4 is 22.9 Å². The number of thiophene rings is 1. The average molecular weight is 314 g/mol. The number of carbonyl (C=O) groups excluding carboxylic acids is 1. The molecule has 0 bridgehead atoms. The van der Waals surface area contributed by atoms with Crippen LogP contribution in [0.25, 0.3) is 5.65 Å². The van der Waals surface area contributed by atoms with Gasteiger partial charge < -0.3 is 5.32 Å². The zero-order valence-electron chi connectivity index (χ0n) is 12.2. The fourth-order valence-corrected chi connectivity index (χ4v) is 3.02. The Balaban J connectivity index is 1.39. The highest BCUT2D eigenvalue weighted by atomic mass is 32.1. The summed E-state index contributed by atoms with van der Waals surface area (Å²) in [5.74, 6) is 1.04. The number of hydrogen-bond donors (Lipinski definition) is 1. The molecule has 0 aliphatic heterocycles. The van der Waals surface area contributed by atoms with Crippen LogP contribution < -0.4 is 5.32 Å². The molecule has 0 fully saturated rings. The summed E-state index contributed by atoms with van der Waals surface area (Å²) in [6.45, 7) is 0.672. The molecule has 3 aromatic rings. The first-order valence-electron chi connectivity index (χ1n) is 7.40. The lowest BCUT2D eigenvalue weighted by molar-refractivity contribution is -0.121. The van der Waals surface area contributed by atoms with E-state index in [9.17, 15) is 4.79 Å². The monoisotopic (exact) mass is 314 g/mol. The Morgan fingerprint density at radius 1 is 1.18 bits per heavy atom. The first kappa shape index (κ1) is 14.7. The third-order valence-electron chi connectivity index (χ3n) is 3.46. The molecule has 3 rings (SSSR count). The number of pyridine rings is 1. The number of aryl methyl sites for hydroxylation is 2. The molecule has 22 heavy (non-hydrogen) atoms. The topological polar surface area (TPSA) is 59.3 Å². The van der Waals surface area contributed by atoms with Crippen LogP contribution in [0.5, 0.6) is 0 Å². The maximum absolute atomic E-state index is 11.8. The van der Waals surface area contributed by atoms with Gasteiger partial charge in [-0.05, 0) is 36.4 Å². The van der Waals surface area contributed by atoms with E-state index in [4.69, 9.17) is 0 Å². The summed E-state index contributed by atoms with van der Waals surface area (Å²) in [6.07, 6.45) is 4.99. The van der Waals surface area contributed by atoms with Gasteiger partial charge in [-0.25, -0.2) is 0 Å². The highest BCUT2D eigenvalue weighted by molar-refractivity contribution is 7.09. The van der Waals surface area contributed by atoms with Crippen LogP contribution in [0.4, 0.5) is 0 Å². The van der Waals surface area contributed by atoms with Crippen LogP contribution in [-0.4, -0.2) is 27.0 Å². The Morgan fingerprint density at radius 2 is 2.14 bits per heavy atom. The Morgan fingerprint density at radius 3 is 3.00 bits per heavy atom. The minimum absolute atomic E-state index is 0.111. The van der Waals surface area contributed by atoms with E-state index in [1.165, 1.54) is 4.88 Å². The Kier molecular flexibility index (Phi) is 4.80. The molecule has 0 saturated carbocycles. The van der Waals surface area contributed by atoms with Crippen LogP contribution >= 0.6 is 11.3 Å². The van der Waals surface area contributed by atoms with E-state index in [0.717, 1.165) is 30.7 Å². The van der Waals surface area contributed by atoms with Crippen molar-refractivity contribution in [2.24, 2.45) is 0 Å². The molecule has 0 aliphatic carbocycles. The molecular weight excluding hydrogens is 296 g/mol. The predicted octanol–water partition coefficient (Wildman–Crippen LogP) is 2.47. The number of aromatic nitrogens is 3. The number of fused-ring (bicyclic) bond motifs is 1. The summed E-state index contributed by atoms with van der Waals surface area (Å²) in [5.41, 5.74) is 0.859. The molecule has 3 heterocycles. The zero-order valence-corrected chi connectivity index (χ0v) is 13.1. The van der Waals surface area contributed by atoms with Crippen molar-refractivity contribution in [1.29, 1.82) is 0 Å². The molecule has 0 unspecified atom stereocenters. The Labute approximate surface area is 133 Å². The average Bonchev–Trinajstić information content (AvgIpc) is 3.19. The molecule has 0 aromatic carbocycles. The quantitative estimate of drug-likeness (QED) is 0.682. The van der Waals surface area contributed by atoms with E-state index in [-0.39, 0.29) is 5.91 Å². The Bertz CT molecular complexity index is 736. The van der Waals surface area contributed by atoms with Crippen LogP contribution in [0.3, 0.4) is 0 Å². The van der Waals surface area contributed by atoms with Gasteiger partial charge in [0.05, 0.1) is 0 Å². The van der Waals surface area contributed by atoms with E-state index in [1.807, 2.05) is 40.2 Å². The molecule has 0 saturated heterocycles. The second-order valence-electron chi connectivity index (χ2n) is 5.08. The smallest absolute Gasteiger partial charge is 0.220 e. The van der Waals surface area contributed by atoms with Crippen LogP contribution in [0.2, 0.25) is 0 Å². The fraction of sp³-hybridized carbons (Fsp3) is 0.312. The Hall–Kier alpha value is -2.21. The third kappa shape index (κ3) is 3.71. The van der Waals surface area contributed by atoms with Gasteiger partial charge in [-0.3, -0.25) is 9.20 Å². The van der Waals surface area contributed by atoms with Crippen molar-refractivity contribution in [3.63, 3.8) is 0 Å². The molecule has 0 aliphatic rings. The van der Waals surface area contributed by atoms with E-state index in [1.54, 1.807) is 11.3 Å². The van der Waals surface area contributed by atoms with Gasteiger partial charge in [-0.2, -0.15) is 0 Å². The van der Waals surface area contributed by atoms with Crippen LogP contribution in [-0.2, 0) is 17.6 Å². The van der Waals surface area contributed by atoms with Crippen molar-refractivity contribution in [1.82, 2.24) is 19.9 Å². The van der Waals surface area contributed by atoms with Gasteiger partial charge in [0.15, 0.2) is 5.65 Å². The predicted molar refractivity (Wildman–Crippen MR) is 87.0 cm³/mol. The van der Waals surface area contributed by atoms with E-state index in [0.29, 0.717) is 13.0 Å². The van der Waals surface area contributed by atoms with Gasteiger partial charge in [0, 0.05) is 30.5 Å². The molecule has 1 amide bonds. The summed E-state index contributed by atoms with van der Waals surface area (Å²) < 4.78 is 1.98. The fourth-order valence-electron chi connectivity index (χ4n) is 2.32. The lowest BCUT2D eigenvalue weighted by atomic mass is 10.2. The molecule has 1 N–H and O–H groups in total. The summed E-state index contributed by atoms with van der Waals surface area (Å²) in [4.78, 5) is 13.0. The van der Waals surface area contributed by atoms with E-state index < -0.39 is 0 Å². The minimum Gasteiger partial charge on any atom is -0.356 e. The van der Waals surface area contributed by atoms with Gasteiger partial charge in [-0.1, -0.05) is 12.1 Å². The van der Waals surface area contributed by atoms with Gasteiger partial charge in [0.2, 0.25) is 5.91 Å². The lowest BCUT2D eigenvalue weighted by Crippen LogP contribution is -2.25. The number of carbonyl (C=O) groups is 1. The van der Waals surface area contributed by atoms with Crippen LogP contribution in [0, 0.1) is 0 Å². The summed E-state index contributed by atoms with van der Waals surface area (Å²) in [7, 11) is 0. The van der Waals surface area contributed by atoms with Crippen molar-refractivity contribution in [3.8, 4) is 0 Å². The maximum atomic E-state index is 11.8. The SMILES string of the molecule is O=C(CCc1cccs1)NCCCc1nnc2ccccn12. The minimum atomic E-state index is 0.111. The van der Waals surface area contributed by atoms with Crippen molar-refractivity contribution in [3.05, 3.63) is 52.6 Å². The van der Waals surface area contributed by atoms with Gasteiger partial charge in [0.1, 0.15) is 5.82 Å². The third-order valence-corrected chi connectivity index (χ3v) is 4.40. The van der Waals surface area contributed by atoms with Crippen molar-refractivity contribution in [2.45, 2.75) is 25.7 Å². The molecule has 0 spiro atoms. The number of hydrogen-bond acceptors (Lipinski definition) is 4. The number of amides is 1. The van der Waals surface area contributed by atoms with E-state index >= 15 is 0 Å². The number of rotatable bonds is 7. The van der Waals surface area contributed by atoms with Crippen molar-refractivity contribution in [2.75, 3.05) is 6.54 Å². The number of nitrogens with one attached hydrogen (secondary N) is 1. The summed E-state index contributed by atoms with van der Waals surface area (Å²) in [5, 5.41) is 13.3. The van der Waals surface area contributed by atoms with Gasteiger partial charge in [0.25, 0.3) is 0 Å².